The van der Waals surface area contributed by atoms with Gasteiger partial charge in [0.15, 0.2) is 0 Å². The Hall–Kier alpha value is -2.65. The number of esters is 2. The van der Waals surface area contributed by atoms with Gasteiger partial charge in [0.1, 0.15) is 6.61 Å². The number of carboxylic acid groups (broad SMARTS) is 1. The van der Waals surface area contributed by atoms with Gasteiger partial charge in [-0.05, 0) is 6.92 Å². The molecular weight excluding hydrogens is 348 g/mol. The lowest BCUT2D eigenvalue weighted by atomic mass is 10.4. The summed E-state index contributed by atoms with van der Waals surface area (Å²) in [5, 5.41) is 8.07. The van der Waals surface area contributed by atoms with Crippen molar-refractivity contribution in [2.45, 2.75) is 13.8 Å². The predicted molar refractivity (Wildman–Crippen MR) is 94.6 cm³/mol. The van der Waals surface area contributed by atoms with Crippen LogP contribution in [0.4, 0.5) is 4.79 Å². The van der Waals surface area contributed by atoms with E-state index in [4.69, 9.17) is 14.6 Å². The average molecular weight is 376 g/mol. The van der Waals surface area contributed by atoms with Crippen LogP contribution in [0.1, 0.15) is 13.8 Å². The fraction of sp³-hybridized carbons (Fsp3) is 0.471. The molecule has 0 aliphatic carbocycles. The molecule has 0 aromatic heterocycles. The monoisotopic (exact) mass is 376 g/mol. The Kier molecular flexibility index (Phi) is 24.2. The van der Waals surface area contributed by atoms with E-state index in [-0.39, 0.29) is 25.2 Å². The first-order chi connectivity index (χ1) is 12.2. The van der Waals surface area contributed by atoms with E-state index in [1.165, 1.54) is 14.0 Å². The number of carbonyl (C=O) groups excluding carboxylic acids is 2. The van der Waals surface area contributed by atoms with Crippen LogP contribution in [-0.2, 0) is 33.3 Å². The molecule has 0 radical (unpaired) electrons. The zero-order valence-corrected chi connectivity index (χ0v) is 15.5. The van der Waals surface area contributed by atoms with Crippen molar-refractivity contribution < 1.29 is 43.2 Å². The van der Waals surface area contributed by atoms with Crippen LogP contribution in [0, 0.1) is 0 Å². The molecule has 9 nitrogen and oxygen atoms in total. The van der Waals surface area contributed by atoms with E-state index < -0.39 is 6.16 Å². The molecule has 0 rings (SSSR count). The van der Waals surface area contributed by atoms with Crippen LogP contribution in [0.2, 0.25) is 0 Å². The Morgan fingerprint density at radius 2 is 1.54 bits per heavy atom. The zero-order chi connectivity index (χ0) is 20.8. The van der Waals surface area contributed by atoms with Crippen LogP contribution in [0.3, 0.4) is 0 Å². The third kappa shape index (κ3) is 33.1. The number of ether oxygens (including phenoxy) is 5. The van der Waals surface area contributed by atoms with Crippen molar-refractivity contribution in [3.8, 4) is 0 Å². The highest BCUT2D eigenvalue weighted by Gasteiger charge is 1.96. The average Bonchev–Trinajstić information content (AvgIpc) is 2.57. The van der Waals surface area contributed by atoms with Gasteiger partial charge in [0, 0.05) is 12.5 Å². The molecule has 0 amide bonds. The molecule has 150 valence electrons. The fourth-order valence-electron chi connectivity index (χ4n) is 0.866. The van der Waals surface area contributed by atoms with Gasteiger partial charge in [-0.25, -0.2) is 9.59 Å². The van der Waals surface area contributed by atoms with E-state index in [1.807, 2.05) is 0 Å². The summed E-state index contributed by atoms with van der Waals surface area (Å²) in [6.45, 7) is 14.6. The molecule has 0 bridgehead atoms. The molecule has 0 heterocycles. The molecule has 0 aromatic carbocycles. The zero-order valence-electron chi connectivity index (χ0n) is 15.5. The Morgan fingerprint density at radius 1 is 1.00 bits per heavy atom. The summed E-state index contributed by atoms with van der Waals surface area (Å²) in [5.41, 5.74) is 0.433. The van der Waals surface area contributed by atoms with Crippen LogP contribution < -0.4 is 0 Å². The molecule has 0 spiro atoms. The van der Waals surface area contributed by atoms with Gasteiger partial charge in [-0.3, -0.25) is 4.79 Å². The normalized spacial score (nSPS) is 8.42. The first kappa shape index (κ1) is 28.2. The van der Waals surface area contributed by atoms with Gasteiger partial charge in [0.05, 0.1) is 39.8 Å². The summed E-state index contributed by atoms with van der Waals surface area (Å²) in [5.74, 6) is -0.676. The Bertz CT molecular complexity index is 430. The van der Waals surface area contributed by atoms with Crippen molar-refractivity contribution >= 4 is 18.1 Å². The summed E-state index contributed by atoms with van der Waals surface area (Å²) in [4.78, 5) is 29.8. The first-order valence-electron chi connectivity index (χ1n) is 7.36. The van der Waals surface area contributed by atoms with Crippen molar-refractivity contribution in [3.05, 3.63) is 37.6 Å². The quantitative estimate of drug-likeness (QED) is 0.153. The van der Waals surface area contributed by atoms with Gasteiger partial charge < -0.3 is 28.8 Å². The minimum absolute atomic E-state index is 0.0524. The van der Waals surface area contributed by atoms with Crippen molar-refractivity contribution in [2.24, 2.45) is 0 Å². The SMILES string of the molecule is C=C(C)C(=O)OC.C=CCOCCOCCOC(=O)O.C=COC(C)=O. The van der Waals surface area contributed by atoms with E-state index in [9.17, 15) is 14.4 Å². The summed E-state index contributed by atoms with van der Waals surface area (Å²) >= 11 is 0. The van der Waals surface area contributed by atoms with Crippen molar-refractivity contribution in [1.82, 2.24) is 0 Å². The van der Waals surface area contributed by atoms with Crippen molar-refractivity contribution in [1.29, 1.82) is 0 Å². The molecule has 0 saturated carbocycles. The minimum atomic E-state index is -1.29. The molecule has 0 aliphatic heterocycles. The molecule has 0 aromatic rings. The van der Waals surface area contributed by atoms with Crippen LogP contribution >= 0.6 is 0 Å². The number of hydrogen-bond acceptors (Lipinski definition) is 8. The second-order valence-corrected chi connectivity index (χ2v) is 4.14. The molecule has 0 aliphatic rings. The predicted octanol–water partition coefficient (Wildman–Crippen LogP) is 2.33. The van der Waals surface area contributed by atoms with Crippen LogP contribution in [0.5, 0.6) is 0 Å². The van der Waals surface area contributed by atoms with Gasteiger partial charge in [-0.15, -0.1) is 6.58 Å². The second kappa shape index (κ2) is 22.4. The minimum Gasteiger partial charge on any atom is -0.466 e. The molecule has 1 N–H and O–H groups in total. The maximum atomic E-state index is 10.2. The Balaban J connectivity index is -0.000000342. The highest BCUT2D eigenvalue weighted by molar-refractivity contribution is 5.86. The lowest BCUT2D eigenvalue weighted by Crippen LogP contribution is -2.11. The Morgan fingerprint density at radius 3 is 1.85 bits per heavy atom. The largest absolute Gasteiger partial charge is 0.505 e. The fourth-order valence-corrected chi connectivity index (χ4v) is 0.866. The molecule has 0 fully saturated rings. The van der Waals surface area contributed by atoms with E-state index in [2.05, 4.69) is 33.9 Å². The van der Waals surface area contributed by atoms with E-state index in [0.717, 1.165) is 6.26 Å². The molecule has 0 saturated heterocycles. The lowest BCUT2D eigenvalue weighted by Gasteiger charge is -2.03. The van der Waals surface area contributed by atoms with Crippen LogP contribution in [0.15, 0.2) is 37.6 Å². The van der Waals surface area contributed by atoms with Gasteiger partial charge in [0.2, 0.25) is 0 Å². The third-order valence-electron chi connectivity index (χ3n) is 1.84. The van der Waals surface area contributed by atoms with Crippen molar-refractivity contribution in [3.63, 3.8) is 0 Å². The van der Waals surface area contributed by atoms with Gasteiger partial charge in [-0.2, -0.15) is 0 Å². The summed E-state index contributed by atoms with van der Waals surface area (Å²) in [6, 6.07) is 0. The van der Waals surface area contributed by atoms with Crippen LogP contribution in [0.25, 0.3) is 0 Å². The smallest absolute Gasteiger partial charge is 0.466 e. The summed E-state index contributed by atoms with van der Waals surface area (Å²) < 4.78 is 22.6. The third-order valence-corrected chi connectivity index (χ3v) is 1.84. The first-order valence-corrected chi connectivity index (χ1v) is 7.36. The van der Waals surface area contributed by atoms with Gasteiger partial charge in [0.25, 0.3) is 0 Å². The van der Waals surface area contributed by atoms with E-state index in [0.29, 0.717) is 25.4 Å². The number of hydrogen-bond donors (Lipinski definition) is 1. The van der Waals surface area contributed by atoms with E-state index in [1.54, 1.807) is 13.0 Å². The number of carbonyl (C=O) groups is 3. The summed E-state index contributed by atoms with van der Waals surface area (Å²) in [7, 11) is 1.33. The van der Waals surface area contributed by atoms with E-state index >= 15 is 0 Å². The Labute approximate surface area is 153 Å². The molecular formula is C17H28O9. The standard InChI is InChI=1S/C8H14O5.C5H8O2.C4H6O2/c1-2-3-11-4-5-12-6-7-13-8(9)10;1-4(2)5(6)7-3;1-3-6-4(2)5/h2H,1,3-7H2,(H,9,10);1H2,2-3H3;3H,1H2,2H3. The maximum Gasteiger partial charge on any atom is 0.505 e. The van der Waals surface area contributed by atoms with Gasteiger partial charge in [-0.1, -0.05) is 19.2 Å². The highest BCUT2D eigenvalue weighted by Crippen LogP contribution is 1.87. The molecule has 26 heavy (non-hydrogen) atoms. The highest BCUT2D eigenvalue weighted by atomic mass is 16.7. The molecule has 9 heteroatoms. The summed E-state index contributed by atoms with van der Waals surface area (Å²) in [6.07, 6.45) is 1.46. The van der Waals surface area contributed by atoms with Crippen LogP contribution in [-0.4, -0.2) is 63.3 Å². The van der Waals surface area contributed by atoms with Gasteiger partial charge >= 0.3 is 18.1 Å². The molecule has 0 atom stereocenters. The van der Waals surface area contributed by atoms with Crippen molar-refractivity contribution in [2.75, 3.05) is 40.1 Å². The maximum absolute atomic E-state index is 10.2. The number of methoxy groups -OCH3 is 1. The topological polar surface area (TPSA) is 118 Å². The molecule has 0 unspecified atom stereocenters. The second-order valence-electron chi connectivity index (χ2n) is 4.14. The lowest BCUT2D eigenvalue weighted by molar-refractivity contribution is -0.136. The number of rotatable bonds is 10.